The first-order chi connectivity index (χ1) is 7.20. The lowest BCUT2D eigenvalue weighted by Gasteiger charge is -2.10. The van der Waals surface area contributed by atoms with Crippen LogP contribution >= 0.6 is 15.9 Å². The van der Waals surface area contributed by atoms with E-state index in [2.05, 4.69) is 28.2 Å². The molecule has 1 aromatic carbocycles. The van der Waals surface area contributed by atoms with Crippen LogP contribution in [0.25, 0.3) is 0 Å². The lowest BCUT2D eigenvalue weighted by molar-refractivity contribution is -0.116. The molecule has 4 heteroatoms. The van der Waals surface area contributed by atoms with E-state index >= 15 is 0 Å². The molecule has 1 N–H and O–H groups in total. The number of carbonyl (C=O) groups is 1. The molecular formula is C11H12BrNO2. The van der Waals surface area contributed by atoms with Gasteiger partial charge in [-0.1, -0.05) is 6.92 Å². The number of nitrogens with one attached hydrogen (secondary N) is 1. The summed E-state index contributed by atoms with van der Waals surface area (Å²) in [6.45, 7) is 2.51. The van der Waals surface area contributed by atoms with Crippen LogP contribution in [0.15, 0.2) is 16.6 Å². The van der Waals surface area contributed by atoms with E-state index in [9.17, 15) is 4.79 Å². The van der Waals surface area contributed by atoms with Crippen molar-refractivity contribution < 1.29 is 9.53 Å². The minimum atomic E-state index is 0.00824. The Morgan fingerprint density at radius 1 is 1.53 bits per heavy atom. The minimum absolute atomic E-state index is 0.00824. The molecule has 0 saturated heterocycles. The van der Waals surface area contributed by atoms with Crippen molar-refractivity contribution in [2.75, 3.05) is 11.9 Å². The average Bonchev–Trinajstić information content (AvgIpc) is 2.39. The van der Waals surface area contributed by atoms with Crippen molar-refractivity contribution in [2.45, 2.75) is 19.8 Å². The summed E-state index contributed by atoms with van der Waals surface area (Å²) in [6, 6.07) is 3.99. The molecule has 1 amide bonds. The van der Waals surface area contributed by atoms with Crippen molar-refractivity contribution in [1.29, 1.82) is 0 Å². The summed E-state index contributed by atoms with van der Waals surface area (Å²) in [4.78, 5) is 11.4. The summed E-state index contributed by atoms with van der Waals surface area (Å²) in [5, 5.41) is 2.84. The highest BCUT2D eigenvalue weighted by Crippen LogP contribution is 2.36. The predicted molar refractivity (Wildman–Crippen MR) is 62.3 cm³/mol. The summed E-state index contributed by atoms with van der Waals surface area (Å²) >= 11 is 3.45. The molecule has 1 aliphatic heterocycles. The summed E-state index contributed by atoms with van der Waals surface area (Å²) in [7, 11) is 0. The molecule has 2 rings (SSSR count). The lowest BCUT2D eigenvalue weighted by Crippen LogP contribution is -2.10. The van der Waals surface area contributed by atoms with Crippen LogP contribution in [0, 0.1) is 0 Å². The van der Waals surface area contributed by atoms with E-state index in [0.717, 1.165) is 22.3 Å². The van der Waals surface area contributed by atoms with Crippen molar-refractivity contribution in [3.8, 4) is 5.75 Å². The van der Waals surface area contributed by atoms with Gasteiger partial charge in [-0.3, -0.25) is 4.79 Å². The Morgan fingerprint density at radius 2 is 2.33 bits per heavy atom. The SMILES string of the molecule is CCc1cc(Br)c2c(c1)NC(=O)CCO2. The second kappa shape index (κ2) is 4.23. The van der Waals surface area contributed by atoms with E-state index in [1.54, 1.807) is 0 Å². The molecule has 0 radical (unpaired) electrons. The number of benzene rings is 1. The number of amides is 1. The molecule has 0 aliphatic carbocycles. The third-order valence-electron chi connectivity index (χ3n) is 2.36. The molecule has 0 unspecified atom stereocenters. The highest BCUT2D eigenvalue weighted by molar-refractivity contribution is 9.10. The molecule has 0 fully saturated rings. The van der Waals surface area contributed by atoms with Gasteiger partial charge in [-0.15, -0.1) is 0 Å². The fourth-order valence-corrected chi connectivity index (χ4v) is 2.17. The van der Waals surface area contributed by atoms with E-state index in [4.69, 9.17) is 4.74 Å². The zero-order chi connectivity index (χ0) is 10.8. The fraction of sp³-hybridized carbons (Fsp3) is 0.364. The van der Waals surface area contributed by atoms with Gasteiger partial charge >= 0.3 is 0 Å². The predicted octanol–water partition coefficient (Wildman–Crippen LogP) is 2.73. The van der Waals surface area contributed by atoms with Crippen molar-refractivity contribution in [3.05, 3.63) is 22.2 Å². The first-order valence-corrected chi connectivity index (χ1v) is 5.75. The molecule has 0 atom stereocenters. The highest BCUT2D eigenvalue weighted by atomic mass is 79.9. The topological polar surface area (TPSA) is 38.3 Å². The Morgan fingerprint density at radius 3 is 3.07 bits per heavy atom. The molecule has 3 nitrogen and oxygen atoms in total. The maximum atomic E-state index is 11.4. The first-order valence-electron chi connectivity index (χ1n) is 4.95. The van der Waals surface area contributed by atoms with Gasteiger partial charge in [-0.2, -0.15) is 0 Å². The van der Waals surface area contributed by atoms with Crippen LogP contribution in [0.4, 0.5) is 5.69 Å². The summed E-state index contributed by atoms with van der Waals surface area (Å²) in [6.07, 6.45) is 1.34. The molecular weight excluding hydrogens is 258 g/mol. The van der Waals surface area contributed by atoms with E-state index in [1.165, 1.54) is 5.56 Å². The molecule has 15 heavy (non-hydrogen) atoms. The molecule has 0 aromatic heterocycles. The Kier molecular flexibility index (Phi) is 2.95. The van der Waals surface area contributed by atoms with Crippen molar-refractivity contribution >= 4 is 27.5 Å². The van der Waals surface area contributed by atoms with Gasteiger partial charge in [0.05, 0.1) is 23.2 Å². The monoisotopic (exact) mass is 269 g/mol. The maximum Gasteiger partial charge on any atom is 0.227 e. The third kappa shape index (κ3) is 2.15. The van der Waals surface area contributed by atoms with E-state index in [0.29, 0.717) is 13.0 Å². The number of fused-ring (bicyclic) bond motifs is 1. The third-order valence-corrected chi connectivity index (χ3v) is 2.95. The number of ether oxygens (including phenoxy) is 1. The van der Waals surface area contributed by atoms with Crippen molar-refractivity contribution in [1.82, 2.24) is 0 Å². The number of hydrogen-bond donors (Lipinski definition) is 1. The number of hydrogen-bond acceptors (Lipinski definition) is 2. The van der Waals surface area contributed by atoms with E-state index in [-0.39, 0.29) is 5.91 Å². The largest absolute Gasteiger partial charge is 0.490 e. The van der Waals surface area contributed by atoms with Gasteiger partial charge in [-0.25, -0.2) is 0 Å². The molecule has 80 valence electrons. The van der Waals surface area contributed by atoms with Gasteiger partial charge in [0.2, 0.25) is 5.91 Å². The van der Waals surface area contributed by atoms with Crippen LogP contribution in [-0.2, 0) is 11.2 Å². The normalized spacial score (nSPS) is 14.9. The van der Waals surface area contributed by atoms with Crippen LogP contribution in [-0.4, -0.2) is 12.5 Å². The van der Waals surface area contributed by atoms with Gasteiger partial charge < -0.3 is 10.1 Å². The number of aryl methyl sites for hydroxylation is 1. The first kappa shape index (κ1) is 10.5. The summed E-state index contributed by atoms with van der Waals surface area (Å²) in [5.41, 5.74) is 1.94. The molecule has 0 bridgehead atoms. The van der Waals surface area contributed by atoms with Gasteiger partial charge in [0.15, 0.2) is 5.75 Å². The zero-order valence-corrected chi connectivity index (χ0v) is 10.1. The van der Waals surface area contributed by atoms with Gasteiger partial charge in [-0.05, 0) is 40.0 Å². The molecule has 0 saturated carbocycles. The number of anilines is 1. The molecule has 1 heterocycles. The Labute approximate surface area is 96.9 Å². The van der Waals surface area contributed by atoms with Crippen molar-refractivity contribution in [2.24, 2.45) is 0 Å². The Bertz CT molecular complexity index is 404. The van der Waals surface area contributed by atoms with Crippen LogP contribution < -0.4 is 10.1 Å². The Hall–Kier alpha value is -1.03. The van der Waals surface area contributed by atoms with E-state index < -0.39 is 0 Å². The maximum absolute atomic E-state index is 11.4. The molecule has 0 spiro atoms. The summed E-state index contributed by atoms with van der Waals surface area (Å²) in [5.74, 6) is 0.743. The fourth-order valence-electron chi connectivity index (χ4n) is 1.55. The van der Waals surface area contributed by atoms with Crippen LogP contribution in [0.2, 0.25) is 0 Å². The number of halogens is 1. The number of carbonyl (C=O) groups excluding carboxylic acids is 1. The van der Waals surface area contributed by atoms with E-state index in [1.807, 2.05) is 12.1 Å². The lowest BCUT2D eigenvalue weighted by atomic mass is 10.1. The zero-order valence-electron chi connectivity index (χ0n) is 8.47. The van der Waals surface area contributed by atoms with Crippen LogP contribution in [0.3, 0.4) is 0 Å². The smallest absolute Gasteiger partial charge is 0.227 e. The Balaban J connectivity index is 2.47. The van der Waals surface area contributed by atoms with Crippen LogP contribution in [0.1, 0.15) is 18.9 Å². The van der Waals surface area contributed by atoms with Gasteiger partial charge in [0.25, 0.3) is 0 Å². The number of rotatable bonds is 1. The summed E-state index contributed by atoms with van der Waals surface area (Å²) < 4.78 is 6.42. The minimum Gasteiger partial charge on any atom is -0.490 e. The van der Waals surface area contributed by atoms with Crippen molar-refractivity contribution in [3.63, 3.8) is 0 Å². The molecule has 1 aliphatic rings. The second-order valence-corrected chi connectivity index (χ2v) is 4.31. The molecule has 1 aromatic rings. The van der Waals surface area contributed by atoms with Gasteiger partial charge in [0.1, 0.15) is 0 Å². The second-order valence-electron chi connectivity index (χ2n) is 3.45. The average molecular weight is 270 g/mol. The quantitative estimate of drug-likeness (QED) is 0.852. The van der Waals surface area contributed by atoms with Gasteiger partial charge in [0, 0.05) is 0 Å². The van der Waals surface area contributed by atoms with Crippen LogP contribution in [0.5, 0.6) is 5.75 Å². The standard InChI is InChI=1S/C11H12BrNO2/c1-2-7-5-8(12)11-9(6-7)13-10(14)3-4-15-11/h5-6H,2-4H2,1H3,(H,13,14). The highest BCUT2D eigenvalue weighted by Gasteiger charge is 2.16.